The fourth-order valence-corrected chi connectivity index (χ4v) is 5.49. The zero-order valence-electron chi connectivity index (χ0n) is 21.4. The van der Waals surface area contributed by atoms with E-state index in [2.05, 4.69) is 10.4 Å². The van der Waals surface area contributed by atoms with Crippen LogP contribution in [-0.4, -0.2) is 41.5 Å². The highest BCUT2D eigenvalue weighted by atomic mass is 32.2. The Bertz CT molecular complexity index is 1650. The number of benzene rings is 3. The summed E-state index contributed by atoms with van der Waals surface area (Å²) < 4.78 is 42.5. The van der Waals surface area contributed by atoms with Gasteiger partial charge in [0.15, 0.2) is 0 Å². The Morgan fingerprint density at radius 1 is 1.05 bits per heavy atom. The molecule has 198 valence electrons. The van der Waals surface area contributed by atoms with Gasteiger partial charge in [-0.15, -0.1) is 0 Å². The van der Waals surface area contributed by atoms with E-state index in [4.69, 9.17) is 0 Å². The summed E-state index contributed by atoms with van der Waals surface area (Å²) in [6, 6.07) is 22.8. The van der Waals surface area contributed by atoms with E-state index >= 15 is 0 Å². The molecule has 1 amide bonds. The molecule has 3 aromatic carbocycles. The second-order valence-corrected chi connectivity index (χ2v) is 10.4. The number of sulfonamides is 1. The van der Waals surface area contributed by atoms with Gasteiger partial charge >= 0.3 is 0 Å². The number of nitrogens with zero attached hydrogens (tertiary/aromatic N) is 4. The van der Waals surface area contributed by atoms with Gasteiger partial charge in [0.2, 0.25) is 10.0 Å². The summed E-state index contributed by atoms with van der Waals surface area (Å²) in [7, 11) is -3.73. The highest BCUT2D eigenvalue weighted by Gasteiger charge is 2.23. The van der Waals surface area contributed by atoms with E-state index in [9.17, 15) is 22.9 Å². The first-order chi connectivity index (χ1) is 18.8. The molecule has 1 aromatic heterocycles. The topological polar surface area (TPSA) is 108 Å². The first-order valence-electron chi connectivity index (χ1n) is 12.2. The van der Waals surface area contributed by atoms with Crippen molar-refractivity contribution in [2.75, 3.05) is 18.4 Å². The third kappa shape index (κ3) is 6.12. The first-order valence-corrected chi connectivity index (χ1v) is 13.6. The highest BCUT2D eigenvalue weighted by molar-refractivity contribution is 7.89. The lowest BCUT2D eigenvalue weighted by Crippen LogP contribution is -2.30. The molecule has 0 aliphatic carbocycles. The van der Waals surface area contributed by atoms with Crippen molar-refractivity contribution in [3.05, 3.63) is 102 Å². The molecule has 0 spiro atoms. The Kier molecular flexibility index (Phi) is 8.34. The van der Waals surface area contributed by atoms with Crippen LogP contribution >= 0.6 is 0 Å². The van der Waals surface area contributed by atoms with Gasteiger partial charge in [-0.25, -0.2) is 17.5 Å². The van der Waals surface area contributed by atoms with E-state index in [0.717, 1.165) is 5.69 Å². The van der Waals surface area contributed by atoms with Gasteiger partial charge in [-0.1, -0.05) is 44.2 Å². The van der Waals surface area contributed by atoms with Crippen LogP contribution in [0.5, 0.6) is 0 Å². The van der Waals surface area contributed by atoms with Gasteiger partial charge in [0, 0.05) is 36.1 Å². The highest BCUT2D eigenvalue weighted by Crippen LogP contribution is 2.29. The fourth-order valence-electron chi connectivity index (χ4n) is 3.98. The molecule has 0 fully saturated rings. The lowest BCUT2D eigenvalue weighted by atomic mass is 10.1. The monoisotopic (exact) mass is 543 g/mol. The number of para-hydroxylation sites is 1. The maximum absolute atomic E-state index is 13.2. The van der Waals surface area contributed by atoms with Crippen molar-refractivity contribution in [3.63, 3.8) is 0 Å². The summed E-state index contributed by atoms with van der Waals surface area (Å²) in [6.45, 7) is 4.20. The average molecular weight is 544 g/mol. The molecule has 0 radical (unpaired) electrons. The molecule has 0 unspecified atom stereocenters. The van der Waals surface area contributed by atoms with E-state index in [1.165, 1.54) is 46.8 Å². The molecule has 4 aromatic rings. The molecule has 4 rings (SSSR count). The molecule has 0 aliphatic heterocycles. The standard InChI is InChI=1S/C29H26FN5O3S/c1-3-34(4-2)39(37,38)27-12-8-9-21(18-27)28-23(20-35(33-28)26-10-6-5-7-11-26)17-22(19-31)29(36)32-25-15-13-24(30)14-16-25/h5-18,20H,3-4H2,1-2H3,(H,32,36)/b22-17+. The summed E-state index contributed by atoms with van der Waals surface area (Å²) in [5.74, 6) is -1.13. The number of nitriles is 1. The Morgan fingerprint density at radius 2 is 1.74 bits per heavy atom. The fraction of sp³-hybridized carbons (Fsp3) is 0.138. The number of hydrogen-bond acceptors (Lipinski definition) is 5. The first kappa shape index (κ1) is 27.4. The van der Waals surface area contributed by atoms with E-state index in [0.29, 0.717) is 35.6 Å². The van der Waals surface area contributed by atoms with E-state index in [-0.39, 0.29) is 10.5 Å². The van der Waals surface area contributed by atoms with Gasteiger partial charge in [0.05, 0.1) is 10.6 Å². The van der Waals surface area contributed by atoms with Crippen LogP contribution < -0.4 is 5.32 Å². The molecular formula is C29H26FN5O3S. The predicted octanol–water partition coefficient (Wildman–Crippen LogP) is 5.25. The van der Waals surface area contributed by atoms with Crippen LogP contribution in [0.1, 0.15) is 19.4 Å². The molecule has 0 saturated carbocycles. The minimum absolute atomic E-state index is 0.113. The smallest absolute Gasteiger partial charge is 0.266 e. The number of carbonyl (C=O) groups excluding carboxylic acids is 1. The number of nitrogens with one attached hydrogen (secondary N) is 1. The van der Waals surface area contributed by atoms with Gasteiger partial charge in [-0.3, -0.25) is 4.79 Å². The minimum Gasteiger partial charge on any atom is -0.321 e. The van der Waals surface area contributed by atoms with E-state index < -0.39 is 21.7 Å². The van der Waals surface area contributed by atoms with Crippen LogP contribution in [0, 0.1) is 17.1 Å². The minimum atomic E-state index is -3.73. The maximum Gasteiger partial charge on any atom is 0.266 e. The van der Waals surface area contributed by atoms with Crippen LogP contribution in [0.4, 0.5) is 10.1 Å². The Balaban J connectivity index is 1.80. The van der Waals surface area contributed by atoms with Crippen LogP contribution in [-0.2, 0) is 14.8 Å². The molecular weight excluding hydrogens is 517 g/mol. The summed E-state index contributed by atoms with van der Waals surface area (Å²) >= 11 is 0. The van der Waals surface area contributed by atoms with Crippen LogP contribution in [0.15, 0.2) is 95.5 Å². The second kappa shape index (κ2) is 11.9. The zero-order valence-corrected chi connectivity index (χ0v) is 22.2. The molecule has 8 nitrogen and oxygen atoms in total. The third-order valence-electron chi connectivity index (χ3n) is 5.98. The quantitative estimate of drug-likeness (QED) is 0.229. The van der Waals surface area contributed by atoms with E-state index in [1.807, 2.05) is 36.4 Å². The molecule has 0 atom stereocenters. The number of hydrogen-bond donors (Lipinski definition) is 1. The maximum atomic E-state index is 13.2. The van der Waals surface area contributed by atoms with Crippen LogP contribution in [0.2, 0.25) is 0 Å². The summed E-state index contributed by atoms with van der Waals surface area (Å²) in [6.07, 6.45) is 3.06. The molecule has 39 heavy (non-hydrogen) atoms. The average Bonchev–Trinajstić information content (AvgIpc) is 3.38. The van der Waals surface area contributed by atoms with Crippen molar-refractivity contribution in [1.82, 2.24) is 14.1 Å². The molecule has 0 saturated heterocycles. The van der Waals surface area contributed by atoms with Crippen molar-refractivity contribution in [3.8, 4) is 23.0 Å². The Labute approximate surface area is 226 Å². The number of aromatic nitrogens is 2. The number of amides is 1. The van der Waals surface area contributed by atoms with Gasteiger partial charge in [-0.2, -0.15) is 14.7 Å². The zero-order chi connectivity index (χ0) is 28.0. The number of anilines is 1. The third-order valence-corrected chi connectivity index (χ3v) is 8.03. The van der Waals surface area contributed by atoms with Gasteiger partial charge < -0.3 is 5.32 Å². The summed E-state index contributed by atoms with van der Waals surface area (Å²) in [4.78, 5) is 13.0. The second-order valence-electron chi connectivity index (χ2n) is 8.46. The largest absolute Gasteiger partial charge is 0.321 e. The SMILES string of the molecule is CCN(CC)S(=O)(=O)c1cccc(-c2nn(-c3ccccc3)cc2/C=C(\C#N)C(=O)Nc2ccc(F)cc2)c1. The van der Waals surface area contributed by atoms with Gasteiger partial charge in [-0.05, 0) is 54.6 Å². The van der Waals surface area contributed by atoms with Crippen molar-refractivity contribution in [2.24, 2.45) is 0 Å². The molecule has 0 bridgehead atoms. The number of halogens is 1. The van der Waals surface area contributed by atoms with Gasteiger partial charge in [0.25, 0.3) is 5.91 Å². The van der Waals surface area contributed by atoms with E-state index in [1.54, 1.807) is 36.9 Å². The summed E-state index contributed by atoms with van der Waals surface area (Å²) in [5, 5.41) is 17.0. The molecule has 1 N–H and O–H groups in total. The van der Waals surface area contributed by atoms with Crippen molar-refractivity contribution >= 4 is 27.7 Å². The van der Waals surface area contributed by atoms with Gasteiger partial charge in [0.1, 0.15) is 23.2 Å². The lowest BCUT2D eigenvalue weighted by molar-refractivity contribution is -0.112. The lowest BCUT2D eigenvalue weighted by Gasteiger charge is -2.18. The number of rotatable bonds is 9. The number of carbonyl (C=O) groups is 1. The Morgan fingerprint density at radius 3 is 2.38 bits per heavy atom. The van der Waals surface area contributed by atoms with Crippen molar-refractivity contribution < 1.29 is 17.6 Å². The van der Waals surface area contributed by atoms with Crippen molar-refractivity contribution in [1.29, 1.82) is 5.26 Å². The normalized spacial score (nSPS) is 11.8. The van der Waals surface area contributed by atoms with Crippen LogP contribution in [0.3, 0.4) is 0 Å². The predicted molar refractivity (Wildman–Crippen MR) is 148 cm³/mol. The van der Waals surface area contributed by atoms with Crippen molar-refractivity contribution in [2.45, 2.75) is 18.7 Å². The molecule has 0 aliphatic rings. The molecule has 1 heterocycles. The Hall–Kier alpha value is -4.59. The summed E-state index contributed by atoms with van der Waals surface area (Å²) in [5.41, 5.74) is 2.18. The molecule has 10 heteroatoms. The van der Waals surface area contributed by atoms with Crippen LogP contribution in [0.25, 0.3) is 23.0 Å².